The van der Waals surface area contributed by atoms with Gasteiger partial charge in [-0.05, 0) is 48.4 Å². The van der Waals surface area contributed by atoms with Gasteiger partial charge in [-0.3, -0.25) is 9.36 Å². The predicted octanol–water partition coefficient (Wildman–Crippen LogP) is 3.68. The molecule has 1 heterocycles. The molecule has 1 N–H and O–H groups in total. The van der Waals surface area contributed by atoms with Crippen LogP contribution in [0.1, 0.15) is 5.56 Å². The summed E-state index contributed by atoms with van der Waals surface area (Å²) >= 11 is 18.3. The fourth-order valence-corrected chi connectivity index (χ4v) is 3.74. The fraction of sp³-hybridized carbons (Fsp3) is 0.286. The van der Waals surface area contributed by atoms with Crippen molar-refractivity contribution in [1.82, 2.24) is 19.7 Å². The second-order valence-electron chi connectivity index (χ2n) is 6.72. The van der Waals surface area contributed by atoms with Gasteiger partial charge in [0.2, 0.25) is 5.91 Å². The molecule has 0 unspecified atom stereocenters. The smallest absolute Gasteiger partial charge is 0.346 e. The van der Waals surface area contributed by atoms with Crippen LogP contribution in [-0.4, -0.2) is 40.5 Å². The van der Waals surface area contributed by atoms with Crippen molar-refractivity contribution in [2.45, 2.75) is 19.5 Å². The minimum Gasteiger partial charge on any atom is -0.383 e. The average Bonchev–Trinajstić information content (AvgIpc) is 3.04. The van der Waals surface area contributed by atoms with Gasteiger partial charge >= 0.3 is 5.69 Å². The maximum Gasteiger partial charge on any atom is 0.346 e. The highest BCUT2D eigenvalue weighted by molar-refractivity contribution is 6.36. The Morgan fingerprint density at radius 3 is 2.42 bits per heavy atom. The van der Waals surface area contributed by atoms with Gasteiger partial charge in [0.15, 0.2) is 5.82 Å². The summed E-state index contributed by atoms with van der Waals surface area (Å²) in [5.41, 5.74) is 1.08. The molecular weight excluding hydrogens is 463 g/mol. The van der Waals surface area contributed by atoms with Crippen molar-refractivity contribution in [1.29, 1.82) is 0 Å². The summed E-state index contributed by atoms with van der Waals surface area (Å²) < 4.78 is 7.71. The van der Waals surface area contributed by atoms with Crippen molar-refractivity contribution in [3.05, 3.63) is 73.6 Å². The lowest BCUT2D eigenvalue weighted by Gasteiger charge is -2.08. The maximum atomic E-state index is 12.8. The zero-order valence-electron chi connectivity index (χ0n) is 16.8. The fourth-order valence-electron chi connectivity index (χ4n) is 3.03. The van der Waals surface area contributed by atoms with Gasteiger partial charge < -0.3 is 10.1 Å². The van der Waals surface area contributed by atoms with Gasteiger partial charge in [-0.25, -0.2) is 9.48 Å². The first kappa shape index (κ1) is 23.3. The molecule has 3 aromatic rings. The molecule has 0 saturated carbocycles. The molecule has 31 heavy (non-hydrogen) atoms. The topological polar surface area (TPSA) is 78.2 Å². The summed E-state index contributed by atoms with van der Waals surface area (Å²) in [4.78, 5) is 25.2. The summed E-state index contributed by atoms with van der Waals surface area (Å²) in [6.45, 7) is 0.748. The number of carbonyl (C=O) groups is 1. The molecule has 3 rings (SSSR count). The van der Waals surface area contributed by atoms with Crippen molar-refractivity contribution in [2.75, 3.05) is 20.3 Å². The number of halogens is 3. The standard InChI is InChI=1S/C21H21Cl3N4O3/c1-31-12-11-27-20(14-5-7-15(22)8-6-14)26-28(21(27)30)13-19(29)25-10-9-16-17(23)3-2-4-18(16)24/h2-8H,9-13H2,1H3,(H,25,29). The first-order valence-corrected chi connectivity index (χ1v) is 10.7. The Morgan fingerprint density at radius 1 is 1.10 bits per heavy atom. The Balaban J connectivity index is 1.72. The van der Waals surface area contributed by atoms with Crippen molar-refractivity contribution in [3.63, 3.8) is 0 Å². The molecule has 10 heteroatoms. The quantitative estimate of drug-likeness (QED) is 0.504. The Bertz CT molecular complexity index is 1090. The molecule has 0 fully saturated rings. The third kappa shape index (κ3) is 5.89. The maximum absolute atomic E-state index is 12.8. The van der Waals surface area contributed by atoms with Crippen LogP contribution in [-0.2, 0) is 29.0 Å². The number of hydrogen-bond acceptors (Lipinski definition) is 4. The molecule has 1 amide bonds. The normalized spacial score (nSPS) is 11.0. The molecule has 7 nitrogen and oxygen atoms in total. The van der Waals surface area contributed by atoms with Crippen LogP contribution in [0.15, 0.2) is 47.3 Å². The molecular formula is C21H21Cl3N4O3. The number of ether oxygens (including phenoxy) is 1. The van der Waals surface area contributed by atoms with Gasteiger partial charge in [0.05, 0.1) is 13.2 Å². The third-order valence-electron chi connectivity index (χ3n) is 4.60. The number of nitrogens with zero attached hydrogens (tertiary/aromatic N) is 3. The van der Waals surface area contributed by atoms with E-state index >= 15 is 0 Å². The second kappa shape index (κ2) is 10.8. The van der Waals surface area contributed by atoms with Crippen molar-refractivity contribution in [3.8, 4) is 11.4 Å². The number of rotatable bonds is 9. The lowest BCUT2D eigenvalue weighted by Crippen LogP contribution is -2.35. The highest BCUT2D eigenvalue weighted by atomic mass is 35.5. The molecule has 0 saturated heterocycles. The number of hydrogen-bond donors (Lipinski definition) is 1. The molecule has 0 radical (unpaired) electrons. The zero-order chi connectivity index (χ0) is 22.4. The van der Waals surface area contributed by atoms with Crippen LogP contribution < -0.4 is 11.0 Å². The number of aromatic nitrogens is 3. The van der Waals surface area contributed by atoms with Crippen LogP contribution >= 0.6 is 34.8 Å². The van der Waals surface area contributed by atoms with Crippen LogP contribution in [0.5, 0.6) is 0 Å². The van der Waals surface area contributed by atoms with Gasteiger partial charge in [0.1, 0.15) is 6.54 Å². The first-order valence-electron chi connectivity index (χ1n) is 9.53. The molecule has 164 valence electrons. The molecule has 0 atom stereocenters. The Hall–Kier alpha value is -2.32. The van der Waals surface area contributed by atoms with E-state index in [1.165, 1.54) is 4.57 Å². The van der Waals surface area contributed by atoms with Gasteiger partial charge in [-0.1, -0.05) is 40.9 Å². The van der Waals surface area contributed by atoms with E-state index in [1.807, 2.05) is 0 Å². The van der Waals surface area contributed by atoms with Crippen LogP contribution in [0, 0.1) is 0 Å². The van der Waals surface area contributed by atoms with E-state index in [2.05, 4.69) is 10.4 Å². The average molecular weight is 484 g/mol. The van der Waals surface area contributed by atoms with Gasteiger partial charge in [0, 0.05) is 34.3 Å². The zero-order valence-corrected chi connectivity index (χ0v) is 19.0. The summed E-state index contributed by atoms with van der Waals surface area (Å²) in [5, 5.41) is 8.80. The number of benzene rings is 2. The van der Waals surface area contributed by atoms with Crippen LogP contribution in [0.25, 0.3) is 11.4 Å². The number of methoxy groups -OCH3 is 1. The van der Waals surface area contributed by atoms with Crippen LogP contribution in [0.3, 0.4) is 0 Å². The molecule has 0 bridgehead atoms. The highest BCUT2D eigenvalue weighted by Gasteiger charge is 2.17. The van der Waals surface area contributed by atoms with E-state index in [0.717, 1.165) is 10.2 Å². The van der Waals surface area contributed by atoms with Crippen molar-refractivity contribution < 1.29 is 9.53 Å². The van der Waals surface area contributed by atoms with E-state index in [0.29, 0.717) is 52.6 Å². The Kier molecular flexibility index (Phi) is 8.15. The van der Waals surface area contributed by atoms with E-state index in [9.17, 15) is 9.59 Å². The van der Waals surface area contributed by atoms with Gasteiger partial charge in [-0.2, -0.15) is 0 Å². The molecule has 2 aromatic carbocycles. The number of nitrogens with one attached hydrogen (secondary N) is 1. The summed E-state index contributed by atoms with van der Waals surface area (Å²) in [7, 11) is 1.55. The minimum absolute atomic E-state index is 0.213. The molecule has 0 aliphatic carbocycles. The lowest BCUT2D eigenvalue weighted by molar-refractivity contribution is -0.121. The summed E-state index contributed by atoms with van der Waals surface area (Å²) in [5.74, 6) is 0.0960. The van der Waals surface area contributed by atoms with E-state index in [-0.39, 0.29) is 12.5 Å². The third-order valence-corrected chi connectivity index (χ3v) is 5.56. The van der Waals surface area contributed by atoms with Crippen LogP contribution in [0.2, 0.25) is 15.1 Å². The van der Waals surface area contributed by atoms with Crippen molar-refractivity contribution >= 4 is 40.7 Å². The Labute approximate surface area is 194 Å². The Morgan fingerprint density at radius 2 is 1.77 bits per heavy atom. The first-order chi connectivity index (χ1) is 14.9. The summed E-state index contributed by atoms with van der Waals surface area (Å²) in [6, 6.07) is 12.2. The van der Waals surface area contributed by atoms with Crippen LogP contribution in [0.4, 0.5) is 0 Å². The van der Waals surface area contributed by atoms with Gasteiger partial charge in [0.25, 0.3) is 0 Å². The molecule has 1 aromatic heterocycles. The molecule has 0 spiro atoms. The predicted molar refractivity (Wildman–Crippen MR) is 122 cm³/mol. The SMILES string of the molecule is COCCn1c(-c2ccc(Cl)cc2)nn(CC(=O)NCCc2c(Cl)cccc2Cl)c1=O. The summed E-state index contributed by atoms with van der Waals surface area (Å²) in [6.07, 6.45) is 0.470. The van der Waals surface area contributed by atoms with E-state index in [1.54, 1.807) is 49.6 Å². The lowest BCUT2D eigenvalue weighted by atomic mass is 10.1. The highest BCUT2D eigenvalue weighted by Crippen LogP contribution is 2.24. The van der Waals surface area contributed by atoms with E-state index < -0.39 is 5.69 Å². The second-order valence-corrected chi connectivity index (χ2v) is 7.97. The number of amides is 1. The molecule has 0 aliphatic rings. The van der Waals surface area contributed by atoms with Gasteiger partial charge in [-0.15, -0.1) is 5.10 Å². The monoisotopic (exact) mass is 482 g/mol. The largest absolute Gasteiger partial charge is 0.383 e. The van der Waals surface area contributed by atoms with Crippen molar-refractivity contribution in [2.24, 2.45) is 0 Å². The van der Waals surface area contributed by atoms with E-state index in [4.69, 9.17) is 39.5 Å². The molecule has 0 aliphatic heterocycles. The minimum atomic E-state index is -0.397. The number of carbonyl (C=O) groups excluding carboxylic acids is 1.